The van der Waals surface area contributed by atoms with Gasteiger partial charge in [-0.1, -0.05) is 41.6 Å². The summed E-state index contributed by atoms with van der Waals surface area (Å²) >= 11 is 1.63. The molecule has 1 saturated carbocycles. The molecule has 2 aromatic carbocycles. The molecule has 0 atom stereocenters. The number of rotatable bonds is 6. The highest BCUT2D eigenvalue weighted by Gasteiger charge is 2.26. The van der Waals surface area contributed by atoms with Crippen LogP contribution in [0.5, 0.6) is 0 Å². The summed E-state index contributed by atoms with van der Waals surface area (Å²) in [5.74, 6) is 0.732. The van der Waals surface area contributed by atoms with Crippen molar-refractivity contribution < 1.29 is 8.42 Å². The van der Waals surface area contributed by atoms with Gasteiger partial charge in [-0.3, -0.25) is 0 Å². The first-order valence-corrected chi connectivity index (χ1v) is 10.9. The maximum absolute atomic E-state index is 12.7. The molecule has 3 aromatic rings. The molecule has 0 unspecified atom stereocenters. The molecule has 1 heterocycles. The van der Waals surface area contributed by atoms with Crippen molar-refractivity contribution in [1.29, 1.82) is 0 Å². The first-order valence-electron chi connectivity index (χ1n) is 8.47. The van der Waals surface area contributed by atoms with E-state index in [0.717, 1.165) is 22.0 Å². The molecule has 0 saturated heterocycles. The summed E-state index contributed by atoms with van der Waals surface area (Å²) in [7, 11) is -3.47. The minimum Gasteiger partial charge on any atom is -0.306 e. The lowest BCUT2D eigenvalue weighted by Crippen LogP contribution is -2.02. The van der Waals surface area contributed by atoms with Crippen LogP contribution in [0.15, 0.2) is 69.8 Å². The Morgan fingerprint density at radius 3 is 2.27 bits per heavy atom. The van der Waals surface area contributed by atoms with Crippen LogP contribution in [0.25, 0.3) is 0 Å². The van der Waals surface area contributed by atoms with E-state index in [2.05, 4.69) is 14.8 Å². The Morgan fingerprint density at radius 1 is 1.04 bits per heavy atom. The SMILES string of the molecule is Cc1ccc(S(=O)(=O)c2ccc(CSc3nncn3C3CC3)cc2)cc1. The monoisotopic (exact) mass is 385 g/mol. The van der Waals surface area contributed by atoms with E-state index >= 15 is 0 Å². The third kappa shape index (κ3) is 3.54. The second-order valence-electron chi connectivity index (χ2n) is 6.50. The van der Waals surface area contributed by atoms with Crippen molar-refractivity contribution in [3.8, 4) is 0 Å². The molecule has 0 N–H and O–H groups in total. The van der Waals surface area contributed by atoms with E-state index in [0.29, 0.717) is 15.8 Å². The van der Waals surface area contributed by atoms with E-state index in [1.807, 2.05) is 31.2 Å². The molecule has 0 amide bonds. The van der Waals surface area contributed by atoms with Crippen LogP contribution in [0, 0.1) is 6.92 Å². The fraction of sp³-hybridized carbons (Fsp3) is 0.263. The number of aromatic nitrogens is 3. The summed E-state index contributed by atoms with van der Waals surface area (Å²) in [6, 6.07) is 14.6. The summed E-state index contributed by atoms with van der Waals surface area (Å²) in [6.45, 7) is 1.94. The molecule has 1 fully saturated rings. The number of thioether (sulfide) groups is 1. The Kier molecular flexibility index (Phi) is 4.58. The van der Waals surface area contributed by atoms with Gasteiger partial charge in [0.1, 0.15) is 6.33 Å². The van der Waals surface area contributed by atoms with Crippen molar-refractivity contribution in [3.05, 3.63) is 66.0 Å². The Bertz CT molecular complexity index is 1010. The van der Waals surface area contributed by atoms with Crippen LogP contribution in [-0.4, -0.2) is 23.2 Å². The summed E-state index contributed by atoms with van der Waals surface area (Å²) < 4.78 is 27.5. The molecule has 0 bridgehead atoms. The smallest absolute Gasteiger partial charge is 0.206 e. The molecule has 1 aliphatic carbocycles. The molecule has 0 radical (unpaired) electrons. The number of hydrogen-bond donors (Lipinski definition) is 0. The number of sulfone groups is 1. The molecule has 1 aromatic heterocycles. The fourth-order valence-corrected chi connectivity index (χ4v) is 4.90. The largest absolute Gasteiger partial charge is 0.306 e. The normalized spacial score (nSPS) is 14.5. The van der Waals surface area contributed by atoms with Crippen molar-refractivity contribution >= 4 is 21.6 Å². The van der Waals surface area contributed by atoms with Gasteiger partial charge in [0.2, 0.25) is 9.84 Å². The predicted octanol–water partition coefficient (Wildman–Crippen LogP) is 4.05. The average Bonchev–Trinajstić information content (AvgIpc) is 3.38. The Morgan fingerprint density at radius 2 is 1.65 bits per heavy atom. The maximum Gasteiger partial charge on any atom is 0.206 e. The van der Waals surface area contributed by atoms with Crippen molar-refractivity contribution in [2.24, 2.45) is 0 Å². The van der Waals surface area contributed by atoms with Crippen LogP contribution in [0.4, 0.5) is 0 Å². The quantitative estimate of drug-likeness (QED) is 0.599. The lowest BCUT2D eigenvalue weighted by Gasteiger charge is -2.07. The highest BCUT2D eigenvalue weighted by Crippen LogP contribution is 2.37. The van der Waals surface area contributed by atoms with Gasteiger partial charge in [0.15, 0.2) is 5.16 Å². The molecule has 0 spiro atoms. The van der Waals surface area contributed by atoms with Gasteiger partial charge in [0, 0.05) is 11.8 Å². The van der Waals surface area contributed by atoms with Crippen molar-refractivity contribution in [1.82, 2.24) is 14.8 Å². The van der Waals surface area contributed by atoms with Gasteiger partial charge < -0.3 is 4.57 Å². The number of nitrogens with zero attached hydrogens (tertiary/aromatic N) is 3. The minimum absolute atomic E-state index is 0.316. The molecule has 5 nitrogen and oxygen atoms in total. The summed E-state index contributed by atoms with van der Waals surface area (Å²) in [5.41, 5.74) is 2.10. The highest BCUT2D eigenvalue weighted by molar-refractivity contribution is 7.98. The van der Waals surface area contributed by atoms with E-state index < -0.39 is 9.84 Å². The summed E-state index contributed by atoms with van der Waals surface area (Å²) in [6.07, 6.45) is 4.17. The summed E-state index contributed by atoms with van der Waals surface area (Å²) in [5, 5.41) is 9.09. The topological polar surface area (TPSA) is 64.8 Å². The van der Waals surface area contributed by atoms with E-state index in [9.17, 15) is 8.42 Å². The maximum atomic E-state index is 12.7. The third-order valence-electron chi connectivity index (χ3n) is 4.41. The van der Waals surface area contributed by atoms with Gasteiger partial charge in [-0.05, 0) is 49.6 Å². The zero-order chi connectivity index (χ0) is 18.1. The van der Waals surface area contributed by atoms with Gasteiger partial charge >= 0.3 is 0 Å². The average molecular weight is 386 g/mol. The molecule has 134 valence electrons. The molecule has 1 aliphatic rings. The number of hydrogen-bond acceptors (Lipinski definition) is 5. The Hall–Kier alpha value is -2.12. The van der Waals surface area contributed by atoms with Crippen molar-refractivity contribution in [2.75, 3.05) is 0 Å². The fourth-order valence-electron chi connectivity index (χ4n) is 2.70. The second kappa shape index (κ2) is 6.89. The first-order chi connectivity index (χ1) is 12.5. The van der Waals surface area contributed by atoms with Gasteiger partial charge in [-0.15, -0.1) is 10.2 Å². The number of benzene rings is 2. The molecule has 4 rings (SSSR count). The zero-order valence-electron chi connectivity index (χ0n) is 14.4. The van der Waals surface area contributed by atoms with Crippen LogP contribution in [-0.2, 0) is 15.6 Å². The van der Waals surface area contributed by atoms with Crippen molar-refractivity contribution in [2.45, 2.75) is 46.5 Å². The van der Waals surface area contributed by atoms with Crippen LogP contribution in [0.3, 0.4) is 0 Å². The minimum atomic E-state index is -3.47. The molecule has 0 aliphatic heterocycles. The van der Waals surface area contributed by atoms with E-state index in [1.165, 1.54) is 12.8 Å². The molecular formula is C19H19N3O2S2. The molecule has 7 heteroatoms. The first kappa shape index (κ1) is 17.3. The van der Waals surface area contributed by atoms with E-state index in [-0.39, 0.29) is 0 Å². The van der Waals surface area contributed by atoms with E-state index in [1.54, 1.807) is 42.4 Å². The second-order valence-corrected chi connectivity index (χ2v) is 9.39. The Balaban J connectivity index is 1.47. The van der Waals surface area contributed by atoms with Gasteiger partial charge in [-0.25, -0.2) is 8.42 Å². The van der Waals surface area contributed by atoms with Crippen LogP contribution in [0.2, 0.25) is 0 Å². The van der Waals surface area contributed by atoms with Crippen LogP contribution >= 0.6 is 11.8 Å². The number of aryl methyl sites for hydroxylation is 1. The van der Waals surface area contributed by atoms with E-state index in [4.69, 9.17) is 0 Å². The summed E-state index contributed by atoms with van der Waals surface area (Å²) in [4.78, 5) is 0.638. The Labute approximate surface area is 157 Å². The van der Waals surface area contributed by atoms with Gasteiger partial charge in [-0.2, -0.15) is 0 Å². The van der Waals surface area contributed by atoms with Gasteiger partial charge in [0.25, 0.3) is 0 Å². The van der Waals surface area contributed by atoms with Crippen LogP contribution in [0.1, 0.15) is 30.0 Å². The molecule has 26 heavy (non-hydrogen) atoms. The standard InChI is InChI=1S/C19H19N3O2S2/c1-14-2-8-17(9-3-14)26(23,24)18-10-4-15(5-11-18)12-25-19-21-20-13-22(19)16-6-7-16/h2-5,8-11,13,16H,6-7,12H2,1H3. The van der Waals surface area contributed by atoms with Crippen molar-refractivity contribution in [3.63, 3.8) is 0 Å². The predicted molar refractivity (Wildman–Crippen MR) is 101 cm³/mol. The van der Waals surface area contributed by atoms with Gasteiger partial charge in [0.05, 0.1) is 9.79 Å². The highest BCUT2D eigenvalue weighted by atomic mass is 32.2. The lowest BCUT2D eigenvalue weighted by atomic mass is 10.2. The van der Waals surface area contributed by atoms with Crippen LogP contribution < -0.4 is 0 Å². The third-order valence-corrected chi connectivity index (χ3v) is 7.23. The molecular weight excluding hydrogens is 366 g/mol. The lowest BCUT2D eigenvalue weighted by molar-refractivity contribution is 0.596. The zero-order valence-corrected chi connectivity index (χ0v) is 16.0.